The van der Waals surface area contributed by atoms with Crippen molar-refractivity contribution in [2.45, 2.75) is 13.8 Å². The zero-order chi connectivity index (χ0) is 14.7. The van der Waals surface area contributed by atoms with Gasteiger partial charge in [0.25, 0.3) is 5.91 Å². The van der Waals surface area contributed by atoms with E-state index in [1.54, 1.807) is 18.7 Å². The first-order valence-corrected chi connectivity index (χ1v) is 6.43. The molecule has 1 aromatic heterocycles. The summed E-state index contributed by atoms with van der Waals surface area (Å²) < 4.78 is 5.35. The molecule has 0 aliphatic carbocycles. The molecule has 20 heavy (non-hydrogen) atoms. The standard InChI is InChI=1S/C12H19N5O3/c1-8-11(20-9(2)14-8)12(18)17-5-3-16(4-6-17)7-10(13)15-19/h19H,3-7H2,1-2H3,(H2,13,15). The van der Waals surface area contributed by atoms with Crippen LogP contribution in [0.2, 0.25) is 0 Å². The van der Waals surface area contributed by atoms with Gasteiger partial charge in [0.05, 0.1) is 12.2 Å². The Morgan fingerprint density at radius 2 is 2.05 bits per heavy atom. The van der Waals surface area contributed by atoms with Crippen LogP contribution in [0.4, 0.5) is 0 Å². The molecule has 1 aliphatic rings. The third-order valence-electron chi connectivity index (χ3n) is 3.27. The summed E-state index contributed by atoms with van der Waals surface area (Å²) in [6.07, 6.45) is 0. The molecule has 2 heterocycles. The lowest BCUT2D eigenvalue weighted by Crippen LogP contribution is -2.50. The number of oxime groups is 1. The molecular formula is C12H19N5O3. The predicted octanol–water partition coefficient (Wildman–Crippen LogP) is -0.204. The summed E-state index contributed by atoms with van der Waals surface area (Å²) in [6.45, 7) is 6.39. The number of oxazole rings is 1. The Balaban J connectivity index is 1.94. The van der Waals surface area contributed by atoms with Crippen molar-refractivity contribution in [3.8, 4) is 0 Å². The molecule has 2 rings (SSSR count). The minimum atomic E-state index is -0.133. The largest absolute Gasteiger partial charge is 0.436 e. The second kappa shape index (κ2) is 5.91. The van der Waals surface area contributed by atoms with Crippen molar-refractivity contribution in [2.75, 3.05) is 32.7 Å². The Bertz CT molecular complexity index is 517. The molecule has 1 saturated heterocycles. The predicted molar refractivity (Wildman–Crippen MR) is 71.7 cm³/mol. The molecule has 1 fully saturated rings. The summed E-state index contributed by atoms with van der Waals surface area (Å²) in [4.78, 5) is 20.2. The van der Waals surface area contributed by atoms with E-state index >= 15 is 0 Å². The number of rotatable bonds is 3. The van der Waals surface area contributed by atoms with E-state index in [-0.39, 0.29) is 11.7 Å². The van der Waals surface area contributed by atoms with Crippen LogP contribution in [0.3, 0.4) is 0 Å². The number of nitrogens with zero attached hydrogens (tertiary/aromatic N) is 4. The van der Waals surface area contributed by atoms with Crippen molar-refractivity contribution < 1.29 is 14.4 Å². The fraction of sp³-hybridized carbons (Fsp3) is 0.583. The summed E-state index contributed by atoms with van der Waals surface area (Å²) in [5.74, 6) is 0.849. The van der Waals surface area contributed by atoms with E-state index in [1.807, 2.05) is 4.90 Å². The minimum Gasteiger partial charge on any atom is -0.436 e. The van der Waals surface area contributed by atoms with Crippen molar-refractivity contribution in [3.05, 3.63) is 17.3 Å². The lowest BCUT2D eigenvalue weighted by Gasteiger charge is -2.33. The minimum absolute atomic E-state index is 0.133. The fourth-order valence-electron chi connectivity index (χ4n) is 2.24. The van der Waals surface area contributed by atoms with Crippen molar-refractivity contribution in [1.29, 1.82) is 0 Å². The Kier molecular flexibility index (Phi) is 4.23. The first-order chi connectivity index (χ1) is 9.51. The number of carbonyl (C=O) groups is 1. The molecule has 1 aliphatic heterocycles. The Morgan fingerprint density at radius 3 is 2.55 bits per heavy atom. The molecule has 8 heteroatoms. The van der Waals surface area contributed by atoms with Crippen LogP contribution in [-0.2, 0) is 0 Å². The van der Waals surface area contributed by atoms with Crippen LogP contribution in [0.5, 0.6) is 0 Å². The van der Waals surface area contributed by atoms with Gasteiger partial charge in [0, 0.05) is 33.1 Å². The van der Waals surface area contributed by atoms with E-state index in [1.165, 1.54) is 0 Å². The van der Waals surface area contributed by atoms with E-state index in [2.05, 4.69) is 10.1 Å². The number of aromatic nitrogens is 1. The maximum Gasteiger partial charge on any atom is 0.291 e. The van der Waals surface area contributed by atoms with Gasteiger partial charge in [-0.2, -0.15) is 0 Å². The van der Waals surface area contributed by atoms with E-state index < -0.39 is 0 Å². The average molecular weight is 281 g/mol. The molecule has 0 radical (unpaired) electrons. The molecule has 8 nitrogen and oxygen atoms in total. The van der Waals surface area contributed by atoms with Crippen LogP contribution < -0.4 is 5.73 Å². The normalized spacial score (nSPS) is 17.5. The number of piperazine rings is 1. The van der Waals surface area contributed by atoms with Crippen LogP contribution in [0.25, 0.3) is 0 Å². The van der Waals surface area contributed by atoms with Gasteiger partial charge in [-0.1, -0.05) is 5.16 Å². The number of hydrogen-bond donors (Lipinski definition) is 2. The van der Waals surface area contributed by atoms with Gasteiger partial charge in [0.1, 0.15) is 0 Å². The number of carbonyl (C=O) groups excluding carboxylic acids is 1. The Labute approximate surface area is 116 Å². The molecule has 3 N–H and O–H groups in total. The van der Waals surface area contributed by atoms with Gasteiger partial charge in [0.2, 0.25) is 5.76 Å². The maximum absolute atomic E-state index is 12.3. The SMILES string of the molecule is Cc1nc(C)c(C(=O)N2CCN(CC(N)=NO)CC2)o1. The third-order valence-corrected chi connectivity index (χ3v) is 3.27. The highest BCUT2D eigenvalue weighted by atomic mass is 16.4. The zero-order valence-corrected chi connectivity index (χ0v) is 11.7. The van der Waals surface area contributed by atoms with E-state index in [9.17, 15) is 4.79 Å². The highest BCUT2D eigenvalue weighted by molar-refractivity contribution is 5.92. The van der Waals surface area contributed by atoms with Crippen molar-refractivity contribution in [2.24, 2.45) is 10.9 Å². The van der Waals surface area contributed by atoms with Gasteiger partial charge in [-0.05, 0) is 6.92 Å². The first kappa shape index (κ1) is 14.3. The molecule has 110 valence electrons. The molecule has 0 spiro atoms. The number of hydrogen-bond acceptors (Lipinski definition) is 6. The molecule has 0 saturated carbocycles. The van der Waals surface area contributed by atoms with Crippen LogP contribution in [0, 0.1) is 13.8 Å². The lowest BCUT2D eigenvalue weighted by molar-refractivity contribution is 0.0619. The molecule has 0 unspecified atom stereocenters. The van der Waals surface area contributed by atoms with E-state index in [4.69, 9.17) is 15.4 Å². The second-order valence-electron chi connectivity index (χ2n) is 4.81. The van der Waals surface area contributed by atoms with Crippen molar-refractivity contribution >= 4 is 11.7 Å². The van der Waals surface area contributed by atoms with Gasteiger partial charge >= 0.3 is 0 Å². The van der Waals surface area contributed by atoms with Crippen LogP contribution in [-0.4, -0.2) is 64.5 Å². The molecule has 0 aromatic carbocycles. The topological polar surface area (TPSA) is 108 Å². The summed E-state index contributed by atoms with van der Waals surface area (Å²) in [6, 6.07) is 0. The molecule has 1 amide bonds. The van der Waals surface area contributed by atoms with Gasteiger partial charge in [0.15, 0.2) is 11.7 Å². The summed E-state index contributed by atoms with van der Waals surface area (Å²) in [5, 5.41) is 11.5. The van der Waals surface area contributed by atoms with Crippen LogP contribution in [0.1, 0.15) is 22.1 Å². The number of amidine groups is 1. The average Bonchev–Trinajstić information content (AvgIpc) is 2.77. The monoisotopic (exact) mass is 281 g/mol. The quantitative estimate of drug-likeness (QED) is 0.344. The third kappa shape index (κ3) is 3.08. The van der Waals surface area contributed by atoms with E-state index in [0.717, 1.165) is 0 Å². The van der Waals surface area contributed by atoms with E-state index in [0.29, 0.717) is 50.1 Å². The Morgan fingerprint density at radius 1 is 1.40 bits per heavy atom. The smallest absolute Gasteiger partial charge is 0.291 e. The highest BCUT2D eigenvalue weighted by Gasteiger charge is 2.26. The van der Waals surface area contributed by atoms with Crippen molar-refractivity contribution in [1.82, 2.24) is 14.8 Å². The number of nitrogens with two attached hydrogens (primary N) is 1. The summed E-state index contributed by atoms with van der Waals surface area (Å²) in [7, 11) is 0. The van der Waals surface area contributed by atoms with Gasteiger partial charge in [-0.15, -0.1) is 0 Å². The van der Waals surface area contributed by atoms with Gasteiger partial charge in [-0.25, -0.2) is 4.98 Å². The number of amides is 1. The first-order valence-electron chi connectivity index (χ1n) is 6.43. The molecule has 0 atom stereocenters. The van der Waals surface area contributed by atoms with Crippen molar-refractivity contribution in [3.63, 3.8) is 0 Å². The fourth-order valence-corrected chi connectivity index (χ4v) is 2.24. The Hall–Kier alpha value is -2.09. The van der Waals surface area contributed by atoms with Gasteiger partial charge < -0.3 is 20.3 Å². The molecule has 1 aromatic rings. The maximum atomic E-state index is 12.3. The summed E-state index contributed by atoms with van der Waals surface area (Å²) >= 11 is 0. The van der Waals surface area contributed by atoms with Crippen LogP contribution >= 0.6 is 0 Å². The zero-order valence-electron chi connectivity index (χ0n) is 11.7. The summed E-state index contributed by atoms with van der Waals surface area (Å²) in [5.41, 5.74) is 6.08. The lowest BCUT2D eigenvalue weighted by atomic mass is 10.2. The molecule has 0 bridgehead atoms. The molecular weight excluding hydrogens is 262 g/mol. The van der Waals surface area contributed by atoms with Gasteiger partial charge in [-0.3, -0.25) is 9.69 Å². The second-order valence-corrected chi connectivity index (χ2v) is 4.81. The highest BCUT2D eigenvalue weighted by Crippen LogP contribution is 2.14. The van der Waals surface area contributed by atoms with Crippen LogP contribution in [0.15, 0.2) is 9.57 Å². The number of aryl methyl sites for hydroxylation is 2.